The Balaban J connectivity index is 2.77. The summed E-state index contributed by atoms with van der Waals surface area (Å²) in [5.41, 5.74) is 0. The molecule has 0 amide bonds. The van der Waals surface area contributed by atoms with Gasteiger partial charge in [-0.15, -0.1) is 35.6 Å². The van der Waals surface area contributed by atoms with E-state index in [2.05, 4.69) is 12.6 Å². The first-order valence-electron chi connectivity index (χ1n) is 3.68. The zero-order chi connectivity index (χ0) is 9.42. The van der Waals surface area contributed by atoms with E-state index in [1.807, 2.05) is 0 Å². The molecule has 0 bridgehead atoms. The number of thiophene rings is 1. The fourth-order valence-corrected chi connectivity index (χ4v) is 3.00. The Bertz CT molecular complexity index is 450. The highest BCUT2D eigenvalue weighted by molar-refractivity contribution is 7.80. The molecule has 1 heterocycles. The molecule has 4 heteroatoms. The van der Waals surface area contributed by atoms with Crippen LogP contribution in [-0.4, -0.2) is 0 Å². The molecule has 0 saturated carbocycles. The van der Waals surface area contributed by atoms with Crippen LogP contribution in [0.1, 0.15) is 4.88 Å². The van der Waals surface area contributed by atoms with Crippen LogP contribution < -0.4 is 0 Å². The molecule has 1 aromatic heterocycles. The number of hydrogen-bond donors (Lipinski definition) is 1. The highest BCUT2D eigenvalue weighted by atomic mass is 35.5. The molecule has 0 N–H and O–H groups in total. The molecule has 2 aromatic rings. The van der Waals surface area contributed by atoms with Crippen LogP contribution in [0.5, 0.6) is 0 Å². The van der Waals surface area contributed by atoms with Crippen LogP contribution in [0.25, 0.3) is 10.1 Å². The molecule has 0 nitrogen and oxygen atoms in total. The lowest BCUT2D eigenvalue weighted by molar-refractivity contribution is 0.629. The third-order valence-electron chi connectivity index (χ3n) is 1.82. The van der Waals surface area contributed by atoms with Gasteiger partial charge >= 0.3 is 0 Å². The Hall–Kier alpha value is -0.250. The van der Waals surface area contributed by atoms with Crippen LogP contribution in [0.2, 0.25) is 0 Å². The summed E-state index contributed by atoms with van der Waals surface area (Å²) in [6.07, 6.45) is 0. The van der Waals surface area contributed by atoms with Crippen LogP contribution in [0.4, 0.5) is 4.39 Å². The summed E-state index contributed by atoms with van der Waals surface area (Å²) in [5.74, 6) is 0.196. The molecule has 0 aliphatic rings. The van der Waals surface area contributed by atoms with E-state index < -0.39 is 0 Å². The van der Waals surface area contributed by atoms with Crippen molar-refractivity contribution in [2.24, 2.45) is 0 Å². The highest BCUT2D eigenvalue weighted by Gasteiger charge is 2.08. The predicted octanol–water partition coefficient (Wildman–Crippen LogP) is 4.07. The van der Waals surface area contributed by atoms with Gasteiger partial charge in [0.2, 0.25) is 0 Å². The first kappa shape index (κ1) is 9.31. The molecular weight excluding hydrogens is 227 g/mol. The highest BCUT2D eigenvalue weighted by Crippen LogP contribution is 2.35. The van der Waals surface area contributed by atoms with Crippen molar-refractivity contribution in [2.45, 2.75) is 10.8 Å². The zero-order valence-electron chi connectivity index (χ0n) is 6.55. The minimum Gasteiger partial charge on any atom is -0.207 e. The van der Waals surface area contributed by atoms with Crippen LogP contribution in [0, 0.1) is 5.82 Å². The van der Waals surface area contributed by atoms with Gasteiger partial charge in [-0.05, 0) is 18.2 Å². The Kier molecular flexibility index (Phi) is 2.49. The summed E-state index contributed by atoms with van der Waals surface area (Å²) in [4.78, 5) is 1.79. The summed E-state index contributed by atoms with van der Waals surface area (Å²) in [6.45, 7) is 0. The lowest BCUT2D eigenvalue weighted by Gasteiger charge is -1.91. The molecule has 0 saturated heterocycles. The third kappa shape index (κ3) is 1.56. The van der Waals surface area contributed by atoms with Crippen molar-refractivity contribution >= 4 is 45.7 Å². The molecule has 0 atom stereocenters. The van der Waals surface area contributed by atoms with Gasteiger partial charge in [0, 0.05) is 19.9 Å². The molecule has 2 rings (SSSR count). The van der Waals surface area contributed by atoms with E-state index in [1.54, 1.807) is 17.4 Å². The lowest BCUT2D eigenvalue weighted by Crippen LogP contribution is -1.72. The van der Waals surface area contributed by atoms with Crippen molar-refractivity contribution in [1.82, 2.24) is 0 Å². The van der Waals surface area contributed by atoms with E-state index in [0.29, 0.717) is 5.88 Å². The number of thiol groups is 1. The van der Waals surface area contributed by atoms with Crippen LogP contribution in [-0.2, 0) is 5.88 Å². The normalized spacial score (nSPS) is 11.0. The smallest absolute Gasteiger partial charge is 0.123 e. The van der Waals surface area contributed by atoms with Crippen molar-refractivity contribution in [3.63, 3.8) is 0 Å². The summed E-state index contributed by atoms with van der Waals surface area (Å²) in [5, 5.41) is 0.851. The molecule has 68 valence electrons. The third-order valence-corrected chi connectivity index (χ3v) is 4.07. The first-order chi connectivity index (χ1) is 6.22. The molecule has 0 aliphatic carbocycles. The van der Waals surface area contributed by atoms with Crippen molar-refractivity contribution in [3.8, 4) is 0 Å². The van der Waals surface area contributed by atoms with Gasteiger partial charge in [-0.25, -0.2) is 4.39 Å². The maximum absolute atomic E-state index is 12.9. The number of benzene rings is 1. The molecule has 0 spiro atoms. The van der Waals surface area contributed by atoms with E-state index in [1.165, 1.54) is 12.1 Å². The van der Waals surface area contributed by atoms with Crippen molar-refractivity contribution < 1.29 is 4.39 Å². The Morgan fingerprint density at radius 1 is 1.46 bits per heavy atom. The number of halogens is 2. The Morgan fingerprint density at radius 2 is 2.23 bits per heavy atom. The summed E-state index contributed by atoms with van der Waals surface area (Å²) >= 11 is 11.6. The van der Waals surface area contributed by atoms with Crippen LogP contribution in [0.15, 0.2) is 23.1 Å². The van der Waals surface area contributed by atoms with E-state index in [0.717, 1.165) is 19.9 Å². The average Bonchev–Trinajstić information content (AvgIpc) is 2.44. The fourth-order valence-electron chi connectivity index (χ4n) is 1.20. The van der Waals surface area contributed by atoms with Crippen LogP contribution in [0.3, 0.4) is 0 Å². The van der Waals surface area contributed by atoms with Gasteiger partial charge in [0.15, 0.2) is 0 Å². The second-order valence-corrected chi connectivity index (χ2v) is 4.50. The van der Waals surface area contributed by atoms with Crippen molar-refractivity contribution in [2.75, 3.05) is 0 Å². The summed E-state index contributed by atoms with van der Waals surface area (Å²) in [7, 11) is 0. The van der Waals surface area contributed by atoms with Gasteiger partial charge in [-0.2, -0.15) is 0 Å². The van der Waals surface area contributed by atoms with Gasteiger partial charge in [0.25, 0.3) is 0 Å². The Labute approximate surface area is 89.7 Å². The number of rotatable bonds is 1. The van der Waals surface area contributed by atoms with Gasteiger partial charge < -0.3 is 0 Å². The molecule has 0 aliphatic heterocycles. The average molecular weight is 233 g/mol. The second-order valence-electron chi connectivity index (χ2n) is 2.65. The predicted molar refractivity (Wildman–Crippen MR) is 58.6 cm³/mol. The summed E-state index contributed by atoms with van der Waals surface area (Å²) in [6, 6.07) is 4.69. The molecular formula is C9H6ClFS2. The standard InChI is InChI=1S/C9H6ClFS2/c10-4-8-9(12)6-3-5(11)1-2-7(6)13-8/h1-3,12H,4H2. The van der Waals surface area contributed by atoms with E-state index in [4.69, 9.17) is 11.6 Å². The van der Waals surface area contributed by atoms with E-state index in [-0.39, 0.29) is 5.82 Å². The van der Waals surface area contributed by atoms with Crippen LogP contribution >= 0.6 is 35.6 Å². The van der Waals surface area contributed by atoms with E-state index >= 15 is 0 Å². The number of hydrogen-bond acceptors (Lipinski definition) is 2. The minimum absolute atomic E-state index is 0.235. The largest absolute Gasteiger partial charge is 0.207 e. The number of fused-ring (bicyclic) bond motifs is 1. The van der Waals surface area contributed by atoms with Crippen molar-refractivity contribution in [1.29, 1.82) is 0 Å². The molecule has 13 heavy (non-hydrogen) atoms. The van der Waals surface area contributed by atoms with Gasteiger partial charge in [-0.1, -0.05) is 0 Å². The van der Waals surface area contributed by atoms with Gasteiger partial charge in [0.1, 0.15) is 5.82 Å². The SMILES string of the molecule is Fc1ccc2sc(CCl)c(S)c2c1. The first-order valence-corrected chi connectivity index (χ1v) is 5.48. The zero-order valence-corrected chi connectivity index (χ0v) is 9.02. The van der Waals surface area contributed by atoms with Gasteiger partial charge in [-0.3, -0.25) is 0 Å². The maximum Gasteiger partial charge on any atom is 0.123 e. The fraction of sp³-hybridized carbons (Fsp3) is 0.111. The quantitative estimate of drug-likeness (QED) is 0.556. The molecule has 0 fully saturated rings. The minimum atomic E-state index is -0.235. The molecule has 0 unspecified atom stereocenters. The lowest BCUT2D eigenvalue weighted by atomic mass is 10.2. The topological polar surface area (TPSA) is 0 Å². The van der Waals surface area contributed by atoms with Crippen molar-refractivity contribution in [3.05, 3.63) is 28.9 Å². The van der Waals surface area contributed by atoms with E-state index in [9.17, 15) is 4.39 Å². The number of alkyl halides is 1. The second kappa shape index (κ2) is 3.48. The monoisotopic (exact) mass is 232 g/mol. The Morgan fingerprint density at radius 3 is 2.92 bits per heavy atom. The molecule has 0 radical (unpaired) electrons. The van der Waals surface area contributed by atoms with Gasteiger partial charge in [0.05, 0.1) is 5.88 Å². The maximum atomic E-state index is 12.9. The summed E-state index contributed by atoms with van der Waals surface area (Å²) < 4.78 is 13.9. The molecule has 1 aromatic carbocycles.